The third-order valence-electron chi connectivity index (χ3n) is 1.67. The normalized spacial score (nSPS) is 15.0. The van der Waals surface area contributed by atoms with Gasteiger partial charge in [0.1, 0.15) is 12.4 Å². The van der Waals surface area contributed by atoms with Crippen LogP contribution in [0.5, 0.6) is 5.75 Å². The highest BCUT2D eigenvalue weighted by atomic mass is 16.5. The fourth-order valence-electron chi connectivity index (χ4n) is 0.811. The highest BCUT2D eigenvalue weighted by Gasteiger charge is 2.17. The van der Waals surface area contributed by atoms with Crippen LogP contribution in [-0.2, 0) is 0 Å². The molecular formula is C10H15NO2. The molecule has 3 heteroatoms. The van der Waals surface area contributed by atoms with E-state index in [0.29, 0.717) is 6.61 Å². The molecule has 1 rings (SSSR count). The van der Waals surface area contributed by atoms with Crippen LogP contribution < -0.4 is 10.5 Å². The van der Waals surface area contributed by atoms with Crippen LogP contribution in [0.25, 0.3) is 0 Å². The van der Waals surface area contributed by atoms with Gasteiger partial charge in [-0.2, -0.15) is 0 Å². The summed E-state index contributed by atoms with van der Waals surface area (Å²) in [5, 5.41) is 8.87. The van der Waals surface area contributed by atoms with Crippen molar-refractivity contribution < 1.29 is 9.84 Å². The molecule has 0 heterocycles. The van der Waals surface area contributed by atoms with Gasteiger partial charge in [-0.25, -0.2) is 0 Å². The standard InChI is InChI=1S/C10H15NO2/c1-10(11,7-12)8-13-9-5-3-2-4-6-9/h2-6,12H,7-8,11H2,1H3. The van der Waals surface area contributed by atoms with Crippen molar-refractivity contribution in [1.82, 2.24) is 0 Å². The third kappa shape index (κ3) is 3.44. The van der Waals surface area contributed by atoms with Crippen LogP contribution in [0.3, 0.4) is 0 Å². The fraction of sp³-hybridized carbons (Fsp3) is 0.400. The Hall–Kier alpha value is -1.06. The summed E-state index contributed by atoms with van der Waals surface area (Å²) in [4.78, 5) is 0. The second-order valence-corrected chi connectivity index (χ2v) is 3.41. The Balaban J connectivity index is 2.44. The van der Waals surface area contributed by atoms with Crippen LogP contribution in [0.15, 0.2) is 30.3 Å². The molecule has 0 aliphatic heterocycles. The quantitative estimate of drug-likeness (QED) is 0.721. The molecular weight excluding hydrogens is 166 g/mol. The van der Waals surface area contributed by atoms with Crippen molar-refractivity contribution in [1.29, 1.82) is 0 Å². The summed E-state index contributed by atoms with van der Waals surface area (Å²) in [5.41, 5.74) is 5.02. The molecule has 0 fully saturated rings. The average Bonchev–Trinajstić information content (AvgIpc) is 2.17. The Morgan fingerprint density at radius 2 is 2.00 bits per heavy atom. The topological polar surface area (TPSA) is 55.5 Å². The summed E-state index contributed by atoms with van der Waals surface area (Å²) in [5.74, 6) is 0.771. The van der Waals surface area contributed by atoms with E-state index in [2.05, 4.69) is 0 Å². The van der Waals surface area contributed by atoms with Crippen LogP contribution in [0.2, 0.25) is 0 Å². The molecule has 0 amide bonds. The monoisotopic (exact) mass is 181 g/mol. The van der Waals surface area contributed by atoms with Crippen molar-refractivity contribution in [3.63, 3.8) is 0 Å². The van der Waals surface area contributed by atoms with Gasteiger partial charge in [-0.05, 0) is 19.1 Å². The number of hydrogen-bond donors (Lipinski definition) is 2. The molecule has 72 valence electrons. The number of hydrogen-bond acceptors (Lipinski definition) is 3. The van der Waals surface area contributed by atoms with Gasteiger partial charge in [-0.15, -0.1) is 0 Å². The maximum absolute atomic E-state index is 8.87. The lowest BCUT2D eigenvalue weighted by Crippen LogP contribution is -2.45. The van der Waals surface area contributed by atoms with Crippen LogP contribution in [0, 0.1) is 0 Å². The average molecular weight is 181 g/mol. The summed E-state index contributed by atoms with van der Waals surface area (Å²) < 4.78 is 5.38. The Bertz CT molecular complexity index is 246. The zero-order valence-corrected chi connectivity index (χ0v) is 7.73. The Labute approximate surface area is 78.1 Å². The third-order valence-corrected chi connectivity index (χ3v) is 1.67. The van der Waals surface area contributed by atoms with Gasteiger partial charge in [0.25, 0.3) is 0 Å². The number of benzene rings is 1. The number of aliphatic hydroxyl groups excluding tert-OH is 1. The van der Waals surface area contributed by atoms with Gasteiger partial charge >= 0.3 is 0 Å². The van der Waals surface area contributed by atoms with Crippen LogP contribution >= 0.6 is 0 Å². The van der Waals surface area contributed by atoms with Crippen LogP contribution in [-0.4, -0.2) is 23.9 Å². The van der Waals surface area contributed by atoms with E-state index < -0.39 is 5.54 Å². The second kappa shape index (κ2) is 4.25. The minimum absolute atomic E-state index is 0.0835. The SMILES string of the molecule is CC(N)(CO)COc1ccccc1. The molecule has 0 radical (unpaired) electrons. The molecule has 3 N–H and O–H groups in total. The molecule has 0 aromatic heterocycles. The predicted molar refractivity (Wildman–Crippen MR) is 51.6 cm³/mol. The first-order valence-electron chi connectivity index (χ1n) is 4.22. The first kappa shape index (κ1) is 10.0. The summed E-state index contributed by atoms with van der Waals surface area (Å²) in [6, 6.07) is 9.41. The Kier molecular flexibility index (Phi) is 3.28. The van der Waals surface area contributed by atoms with Crippen LogP contribution in [0.4, 0.5) is 0 Å². The van der Waals surface area contributed by atoms with Crippen molar-refractivity contribution in [2.75, 3.05) is 13.2 Å². The zero-order valence-electron chi connectivity index (χ0n) is 7.73. The molecule has 1 unspecified atom stereocenters. The number of ether oxygens (including phenoxy) is 1. The summed E-state index contributed by atoms with van der Waals surface area (Å²) in [6.45, 7) is 1.98. The Morgan fingerprint density at radius 3 is 2.54 bits per heavy atom. The number of rotatable bonds is 4. The molecule has 3 nitrogen and oxygen atoms in total. The minimum atomic E-state index is -0.671. The van der Waals surface area contributed by atoms with Crippen molar-refractivity contribution >= 4 is 0 Å². The molecule has 1 aromatic rings. The number of para-hydroxylation sites is 1. The number of nitrogens with two attached hydrogens (primary N) is 1. The minimum Gasteiger partial charge on any atom is -0.492 e. The van der Waals surface area contributed by atoms with E-state index in [-0.39, 0.29) is 6.61 Å². The Morgan fingerprint density at radius 1 is 1.38 bits per heavy atom. The van der Waals surface area contributed by atoms with Gasteiger partial charge in [0.2, 0.25) is 0 Å². The van der Waals surface area contributed by atoms with Crippen molar-refractivity contribution in [3.05, 3.63) is 30.3 Å². The molecule has 0 spiro atoms. The summed E-state index contributed by atoms with van der Waals surface area (Å²) >= 11 is 0. The van der Waals surface area contributed by atoms with Gasteiger partial charge in [0.15, 0.2) is 0 Å². The molecule has 13 heavy (non-hydrogen) atoms. The van der Waals surface area contributed by atoms with Gasteiger partial charge in [0.05, 0.1) is 12.1 Å². The van der Waals surface area contributed by atoms with E-state index in [1.165, 1.54) is 0 Å². The second-order valence-electron chi connectivity index (χ2n) is 3.41. The van der Waals surface area contributed by atoms with Crippen molar-refractivity contribution in [2.45, 2.75) is 12.5 Å². The lowest BCUT2D eigenvalue weighted by molar-refractivity contribution is 0.146. The van der Waals surface area contributed by atoms with Gasteiger partial charge in [-0.1, -0.05) is 18.2 Å². The van der Waals surface area contributed by atoms with E-state index in [9.17, 15) is 0 Å². The van der Waals surface area contributed by atoms with E-state index in [0.717, 1.165) is 5.75 Å². The highest BCUT2D eigenvalue weighted by molar-refractivity contribution is 5.21. The van der Waals surface area contributed by atoms with Gasteiger partial charge < -0.3 is 15.6 Å². The smallest absolute Gasteiger partial charge is 0.119 e. The van der Waals surface area contributed by atoms with E-state index in [4.69, 9.17) is 15.6 Å². The predicted octanol–water partition coefficient (Wildman–Crippen LogP) is 0.775. The maximum Gasteiger partial charge on any atom is 0.119 e. The van der Waals surface area contributed by atoms with E-state index >= 15 is 0 Å². The maximum atomic E-state index is 8.87. The van der Waals surface area contributed by atoms with Gasteiger partial charge in [0, 0.05) is 0 Å². The molecule has 0 saturated heterocycles. The number of aliphatic hydroxyl groups is 1. The van der Waals surface area contributed by atoms with E-state index in [1.807, 2.05) is 30.3 Å². The van der Waals surface area contributed by atoms with Crippen molar-refractivity contribution in [3.8, 4) is 5.75 Å². The van der Waals surface area contributed by atoms with Crippen molar-refractivity contribution in [2.24, 2.45) is 5.73 Å². The lowest BCUT2D eigenvalue weighted by atomic mass is 10.1. The molecule has 0 bridgehead atoms. The lowest BCUT2D eigenvalue weighted by Gasteiger charge is -2.21. The summed E-state index contributed by atoms with van der Waals surface area (Å²) in [7, 11) is 0. The fourth-order valence-corrected chi connectivity index (χ4v) is 0.811. The molecule has 0 saturated carbocycles. The molecule has 0 aliphatic rings. The first-order chi connectivity index (χ1) is 6.14. The van der Waals surface area contributed by atoms with Gasteiger partial charge in [-0.3, -0.25) is 0 Å². The van der Waals surface area contributed by atoms with E-state index in [1.54, 1.807) is 6.92 Å². The highest BCUT2D eigenvalue weighted by Crippen LogP contribution is 2.10. The molecule has 0 aliphatic carbocycles. The van der Waals surface area contributed by atoms with Crippen LogP contribution in [0.1, 0.15) is 6.92 Å². The molecule has 1 aromatic carbocycles. The largest absolute Gasteiger partial charge is 0.492 e. The molecule has 1 atom stereocenters. The first-order valence-corrected chi connectivity index (χ1v) is 4.22. The zero-order chi connectivity index (χ0) is 9.73. The summed E-state index contributed by atoms with van der Waals surface area (Å²) in [6.07, 6.45) is 0.